The van der Waals surface area contributed by atoms with Crippen molar-refractivity contribution in [3.8, 4) is 5.75 Å². The molecule has 0 spiro atoms. The molecule has 12 heteroatoms. The SMILES string of the molecule is CC(C)(C)OC(=O)C(CCN1CC(COc2ccc(CC(N)(C(=O)O)C(=O)OC(C)(C)C)cc2)OC1=O)N1CCCCC1. The Kier molecular flexibility index (Phi) is 11.1. The Morgan fingerprint density at radius 2 is 1.60 bits per heavy atom. The molecule has 2 aliphatic heterocycles. The normalized spacial score (nSPS) is 20.1. The highest BCUT2D eigenvalue weighted by Crippen LogP contribution is 2.23. The molecular weight excluding hydrogens is 558 g/mol. The highest BCUT2D eigenvalue weighted by atomic mass is 16.6. The van der Waals surface area contributed by atoms with Gasteiger partial charge in [-0.25, -0.2) is 14.4 Å². The molecule has 0 radical (unpaired) electrons. The zero-order valence-corrected chi connectivity index (χ0v) is 26.2. The number of carboxylic acids is 1. The minimum atomic E-state index is -2.24. The maximum absolute atomic E-state index is 13.0. The van der Waals surface area contributed by atoms with Crippen molar-refractivity contribution in [3.05, 3.63) is 29.8 Å². The Morgan fingerprint density at radius 3 is 2.16 bits per heavy atom. The van der Waals surface area contributed by atoms with Crippen LogP contribution in [0.25, 0.3) is 0 Å². The number of rotatable bonds is 12. The predicted molar refractivity (Wildman–Crippen MR) is 158 cm³/mol. The standard InChI is InChI=1S/C31H47N3O9/c1-29(2,3)42-25(35)24(33-15-8-7-9-16-33)14-17-34-19-23(41-28(34)39)20-40-22-12-10-21(11-13-22)18-31(32,26(36)37)27(38)43-30(4,5)6/h10-13,23-24H,7-9,14-20,32H2,1-6H3,(H,36,37). The first-order chi connectivity index (χ1) is 20.0. The third kappa shape index (κ3) is 10.1. The molecule has 1 aromatic carbocycles. The number of carboxylic acid groups (broad SMARTS) is 1. The fraction of sp³-hybridized carbons (Fsp3) is 0.677. The number of cyclic esters (lactones) is 1. The zero-order valence-electron chi connectivity index (χ0n) is 26.2. The van der Waals surface area contributed by atoms with Crippen molar-refractivity contribution in [2.75, 3.05) is 32.8 Å². The van der Waals surface area contributed by atoms with E-state index in [1.165, 1.54) is 0 Å². The summed E-state index contributed by atoms with van der Waals surface area (Å²) in [6.07, 6.45) is 2.42. The van der Waals surface area contributed by atoms with Gasteiger partial charge in [0.25, 0.3) is 0 Å². The van der Waals surface area contributed by atoms with Crippen molar-refractivity contribution in [3.63, 3.8) is 0 Å². The number of ether oxygens (including phenoxy) is 4. The highest BCUT2D eigenvalue weighted by molar-refractivity contribution is 6.04. The molecule has 0 bridgehead atoms. The maximum atomic E-state index is 13.0. The van der Waals surface area contributed by atoms with E-state index in [1.54, 1.807) is 49.9 Å². The van der Waals surface area contributed by atoms with E-state index in [2.05, 4.69) is 4.90 Å². The number of piperidine rings is 1. The second kappa shape index (κ2) is 13.9. The Hall–Kier alpha value is -3.38. The van der Waals surface area contributed by atoms with Crippen molar-refractivity contribution in [2.24, 2.45) is 5.73 Å². The maximum Gasteiger partial charge on any atom is 0.410 e. The van der Waals surface area contributed by atoms with Crippen LogP contribution in [0.5, 0.6) is 5.75 Å². The average molecular weight is 606 g/mol. The van der Waals surface area contributed by atoms with Gasteiger partial charge in [0.05, 0.1) is 6.54 Å². The minimum Gasteiger partial charge on any atom is -0.490 e. The second-order valence-corrected chi connectivity index (χ2v) is 13.3. The minimum absolute atomic E-state index is 0.108. The molecule has 43 heavy (non-hydrogen) atoms. The van der Waals surface area contributed by atoms with Gasteiger partial charge in [-0.05, 0) is 91.6 Å². The molecule has 2 aliphatic rings. The van der Waals surface area contributed by atoms with Gasteiger partial charge >= 0.3 is 24.0 Å². The van der Waals surface area contributed by atoms with Gasteiger partial charge in [-0.2, -0.15) is 0 Å². The molecular formula is C31H47N3O9. The summed E-state index contributed by atoms with van der Waals surface area (Å²) in [5.74, 6) is -2.30. The smallest absolute Gasteiger partial charge is 0.410 e. The molecule has 0 saturated carbocycles. The fourth-order valence-corrected chi connectivity index (χ4v) is 4.99. The van der Waals surface area contributed by atoms with Crippen molar-refractivity contribution in [1.82, 2.24) is 9.80 Å². The lowest BCUT2D eigenvalue weighted by Gasteiger charge is -2.35. The van der Waals surface area contributed by atoms with Crippen molar-refractivity contribution in [1.29, 1.82) is 0 Å². The van der Waals surface area contributed by atoms with Crippen LogP contribution in [0.3, 0.4) is 0 Å². The van der Waals surface area contributed by atoms with Gasteiger partial charge in [0.2, 0.25) is 5.54 Å². The molecule has 2 saturated heterocycles. The van der Waals surface area contributed by atoms with Crippen LogP contribution < -0.4 is 10.5 Å². The van der Waals surface area contributed by atoms with Crippen LogP contribution >= 0.6 is 0 Å². The quantitative estimate of drug-likeness (QED) is 0.205. The van der Waals surface area contributed by atoms with Gasteiger partial charge in [0.1, 0.15) is 29.6 Å². The molecule has 3 atom stereocenters. The summed E-state index contributed by atoms with van der Waals surface area (Å²) in [4.78, 5) is 53.7. The first-order valence-corrected chi connectivity index (χ1v) is 14.9. The number of hydrogen-bond donors (Lipinski definition) is 2. The van der Waals surface area contributed by atoms with E-state index >= 15 is 0 Å². The van der Waals surface area contributed by atoms with Crippen LogP contribution in [0.2, 0.25) is 0 Å². The molecule has 240 valence electrons. The number of aliphatic carboxylic acids is 1. The summed E-state index contributed by atoms with van der Waals surface area (Å²) in [7, 11) is 0. The molecule has 1 aromatic rings. The third-order valence-corrected chi connectivity index (χ3v) is 7.12. The average Bonchev–Trinajstić information content (AvgIpc) is 3.26. The van der Waals surface area contributed by atoms with Crippen LogP contribution in [0.4, 0.5) is 4.79 Å². The number of nitrogens with two attached hydrogens (primary N) is 1. The van der Waals surface area contributed by atoms with Crippen LogP contribution in [0, 0.1) is 0 Å². The number of amides is 1. The number of carbonyl (C=O) groups excluding carboxylic acids is 3. The van der Waals surface area contributed by atoms with Crippen LogP contribution in [0.15, 0.2) is 24.3 Å². The highest BCUT2D eigenvalue weighted by Gasteiger charge is 2.45. The molecule has 0 aromatic heterocycles. The molecule has 3 unspecified atom stereocenters. The van der Waals surface area contributed by atoms with Gasteiger partial charge in [0, 0.05) is 13.0 Å². The van der Waals surface area contributed by atoms with Crippen molar-refractivity contribution < 1.29 is 43.2 Å². The monoisotopic (exact) mass is 605 g/mol. The molecule has 3 N–H and O–H groups in total. The van der Waals surface area contributed by atoms with E-state index in [9.17, 15) is 24.3 Å². The summed E-state index contributed by atoms with van der Waals surface area (Å²) in [5, 5.41) is 9.65. The lowest BCUT2D eigenvalue weighted by molar-refractivity contribution is -0.169. The third-order valence-electron chi connectivity index (χ3n) is 7.12. The molecule has 2 heterocycles. The van der Waals surface area contributed by atoms with E-state index in [0.29, 0.717) is 30.8 Å². The molecule has 0 aliphatic carbocycles. The Bertz CT molecular complexity index is 1140. The Balaban J connectivity index is 1.53. The zero-order chi connectivity index (χ0) is 32.0. The van der Waals surface area contributed by atoms with Gasteiger partial charge in [-0.3, -0.25) is 9.69 Å². The number of carbonyl (C=O) groups is 4. The van der Waals surface area contributed by atoms with E-state index in [-0.39, 0.29) is 19.0 Å². The van der Waals surface area contributed by atoms with Crippen LogP contribution in [-0.2, 0) is 35.0 Å². The number of esters is 2. The molecule has 2 fully saturated rings. The summed E-state index contributed by atoms with van der Waals surface area (Å²) in [6.45, 7) is 12.9. The van der Waals surface area contributed by atoms with Crippen molar-refractivity contribution in [2.45, 2.75) is 103 Å². The molecule has 12 nitrogen and oxygen atoms in total. The number of benzene rings is 1. The summed E-state index contributed by atoms with van der Waals surface area (Å²) in [6, 6.07) is 6.07. The van der Waals surface area contributed by atoms with E-state index in [4.69, 9.17) is 24.7 Å². The number of likely N-dealkylation sites (tertiary alicyclic amines) is 1. The second-order valence-electron chi connectivity index (χ2n) is 13.3. The van der Waals surface area contributed by atoms with Gasteiger partial charge < -0.3 is 34.7 Å². The molecule has 3 rings (SSSR count). The van der Waals surface area contributed by atoms with Gasteiger partial charge in [-0.1, -0.05) is 18.6 Å². The van der Waals surface area contributed by atoms with Crippen LogP contribution in [-0.4, -0.2) is 101 Å². The summed E-state index contributed by atoms with van der Waals surface area (Å²) < 4.78 is 22.2. The lowest BCUT2D eigenvalue weighted by Crippen LogP contribution is -2.58. The largest absolute Gasteiger partial charge is 0.490 e. The van der Waals surface area contributed by atoms with E-state index in [1.807, 2.05) is 20.8 Å². The van der Waals surface area contributed by atoms with Gasteiger partial charge in [0.15, 0.2) is 6.10 Å². The summed E-state index contributed by atoms with van der Waals surface area (Å²) >= 11 is 0. The molecule has 1 amide bonds. The Morgan fingerprint density at radius 1 is 1.00 bits per heavy atom. The predicted octanol–water partition coefficient (Wildman–Crippen LogP) is 3.14. The first kappa shape index (κ1) is 34.1. The Labute approximate surface area is 253 Å². The lowest BCUT2D eigenvalue weighted by atomic mass is 9.91. The van der Waals surface area contributed by atoms with Gasteiger partial charge in [-0.15, -0.1) is 0 Å². The van der Waals surface area contributed by atoms with Crippen LogP contribution in [0.1, 0.15) is 72.8 Å². The number of nitrogens with zero attached hydrogens (tertiary/aromatic N) is 2. The van der Waals surface area contributed by atoms with E-state index in [0.717, 1.165) is 32.4 Å². The summed E-state index contributed by atoms with van der Waals surface area (Å²) in [5.41, 5.74) is 2.75. The van der Waals surface area contributed by atoms with Crippen molar-refractivity contribution >= 4 is 24.0 Å². The van der Waals surface area contributed by atoms with E-state index < -0.39 is 46.9 Å². The topological polar surface area (TPSA) is 158 Å². The fourth-order valence-electron chi connectivity index (χ4n) is 4.99. The number of hydrogen-bond acceptors (Lipinski definition) is 10. The first-order valence-electron chi connectivity index (χ1n) is 14.9.